The van der Waals surface area contributed by atoms with Crippen LogP contribution < -0.4 is 4.74 Å². The first-order valence-electron chi connectivity index (χ1n) is 13.4. The largest absolute Gasteiger partial charge is 0.422 e. The van der Waals surface area contributed by atoms with Gasteiger partial charge in [-0.15, -0.1) is 0 Å². The standard InChI is InChI=1S/C31H41NO2/c1-4-6-7-8-9-24-10-13-26(14-11-24)27-15-17-28(18-16-27)31(33)34-30-19-12-25(20-23(3)5-2)21-29(30)22-32/h12,15-19,21,23-24,26H,4-11,13-14,20H2,1-3H3. The van der Waals surface area contributed by atoms with E-state index in [1.54, 1.807) is 6.07 Å². The number of hydrogen-bond donors (Lipinski definition) is 0. The molecular weight excluding hydrogens is 418 g/mol. The van der Waals surface area contributed by atoms with Gasteiger partial charge < -0.3 is 4.74 Å². The number of carbonyl (C=O) groups excluding carboxylic acids is 1. The summed E-state index contributed by atoms with van der Waals surface area (Å²) in [4.78, 5) is 12.7. The maximum atomic E-state index is 12.7. The number of carbonyl (C=O) groups is 1. The predicted molar refractivity (Wildman–Crippen MR) is 139 cm³/mol. The Morgan fingerprint density at radius 2 is 1.76 bits per heavy atom. The van der Waals surface area contributed by atoms with Crippen LogP contribution in [-0.4, -0.2) is 5.97 Å². The molecule has 0 amide bonds. The zero-order valence-electron chi connectivity index (χ0n) is 21.3. The van der Waals surface area contributed by atoms with E-state index in [0.717, 1.165) is 24.3 Å². The van der Waals surface area contributed by atoms with Crippen molar-refractivity contribution in [3.8, 4) is 11.8 Å². The van der Waals surface area contributed by atoms with Crippen LogP contribution in [0.25, 0.3) is 0 Å². The Morgan fingerprint density at radius 3 is 2.41 bits per heavy atom. The van der Waals surface area contributed by atoms with Gasteiger partial charge in [-0.05, 0) is 85.3 Å². The van der Waals surface area contributed by atoms with Crippen LogP contribution in [0.2, 0.25) is 0 Å². The molecular formula is C31H41NO2. The summed E-state index contributed by atoms with van der Waals surface area (Å²) in [5.41, 5.74) is 3.37. The molecule has 3 rings (SSSR count). The average Bonchev–Trinajstić information content (AvgIpc) is 2.87. The van der Waals surface area contributed by atoms with Crippen LogP contribution in [0.4, 0.5) is 0 Å². The number of unbranched alkanes of at least 4 members (excludes halogenated alkanes) is 3. The molecule has 182 valence electrons. The minimum atomic E-state index is -0.409. The highest BCUT2D eigenvalue weighted by Crippen LogP contribution is 2.38. The average molecular weight is 460 g/mol. The van der Waals surface area contributed by atoms with E-state index in [-0.39, 0.29) is 0 Å². The quantitative estimate of drug-likeness (QED) is 0.192. The predicted octanol–water partition coefficient (Wildman–Crippen LogP) is 8.61. The second kappa shape index (κ2) is 13.3. The minimum absolute atomic E-state index is 0.335. The second-order valence-electron chi connectivity index (χ2n) is 10.2. The van der Waals surface area contributed by atoms with Gasteiger partial charge in [0.1, 0.15) is 11.8 Å². The molecule has 0 radical (unpaired) electrons. The molecule has 3 heteroatoms. The van der Waals surface area contributed by atoms with Crippen molar-refractivity contribution in [2.75, 3.05) is 0 Å². The van der Waals surface area contributed by atoms with Crippen molar-refractivity contribution >= 4 is 5.97 Å². The Kier molecular flexibility index (Phi) is 10.2. The first-order chi connectivity index (χ1) is 16.5. The van der Waals surface area contributed by atoms with Gasteiger partial charge in [-0.2, -0.15) is 5.26 Å². The fraction of sp³-hybridized carbons (Fsp3) is 0.548. The van der Waals surface area contributed by atoms with E-state index in [1.807, 2.05) is 24.3 Å². The molecule has 0 heterocycles. The smallest absolute Gasteiger partial charge is 0.343 e. The van der Waals surface area contributed by atoms with E-state index in [1.165, 1.54) is 63.4 Å². The number of nitrogens with zero attached hydrogens (tertiary/aromatic N) is 1. The molecule has 2 aromatic rings. The number of ether oxygens (including phenoxy) is 1. The Balaban J connectivity index is 1.54. The monoisotopic (exact) mass is 459 g/mol. The van der Waals surface area contributed by atoms with E-state index < -0.39 is 5.97 Å². The van der Waals surface area contributed by atoms with Crippen molar-refractivity contribution < 1.29 is 9.53 Å². The Bertz CT molecular complexity index is 948. The van der Waals surface area contributed by atoms with E-state index in [9.17, 15) is 10.1 Å². The topological polar surface area (TPSA) is 50.1 Å². The molecule has 1 aliphatic rings. The molecule has 1 aliphatic carbocycles. The summed E-state index contributed by atoms with van der Waals surface area (Å²) < 4.78 is 5.60. The first-order valence-corrected chi connectivity index (χ1v) is 13.4. The van der Waals surface area contributed by atoms with Gasteiger partial charge in [-0.25, -0.2) is 4.79 Å². The Labute approximate surface area is 206 Å². The van der Waals surface area contributed by atoms with Gasteiger partial charge in [-0.1, -0.05) is 77.5 Å². The maximum Gasteiger partial charge on any atom is 0.343 e. The third-order valence-electron chi connectivity index (χ3n) is 7.58. The summed E-state index contributed by atoms with van der Waals surface area (Å²) >= 11 is 0. The molecule has 0 N–H and O–H groups in total. The number of benzene rings is 2. The molecule has 0 spiro atoms. The highest BCUT2D eigenvalue weighted by Gasteiger charge is 2.22. The summed E-state index contributed by atoms with van der Waals surface area (Å²) in [7, 11) is 0. The molecule has 1 unspecified atom stereocenters. The molecule has 1 fully saturated rings. The molecule has 0 aromatic heterocycles. The van der Waals surface area contributed by atoms with Crippen LogP contribution in [0.3, 0.4) is 0 Å². The SMILES string of the molecule is CCCCCCC1CCC(c2ccc(C(=O)Oc3ccc(CC(C)CC)cc3C#N)cc2)CC1. The Morgan fingerprint density at radius 1 is 1.03 bits per heavy atom. The lowest BCUT2D eigenvalue weighted by atomic mass is 9.77. The van der Waals surface area contributed by atoms with E-state index >= 15 is 0 Å². The van der Waals surface area contributed by atoms with Crippen LogP contribution >= 0.6 is 0 Å². The highest BCUT2D eigenvalue weighted by atomic mass is 16.5. The van der Waals surface area contributed by atoms with Gasteiger partial charge >= 0.3 is 5.97 Å². The van der Waals surface area contributed by atoms with Crippen molar-refractivity contribution in [2.24, 2.45) is 11.8 Å². The molecule has 3 nitrogen and oxygen atoms in total. The van der Waals surface area contributed by atoms with Crippen LogP contribution in [0.1, 0.15) is 118 Å². The van der Waals surface area contributed by atoms with Gasteiger partial charge in [0.25, 0.3) is 0 Å². The fourth-order valence-corrected chi connectivity index (χ4v) is 5.12. The maximum absolute atomic E-state index is 12.7. The van der Waals surface area contributed by atoms with E-state index in [2.05, 4.69) is 39.0 Å². The fourth-order valence-electron chi connectivity index (χ4n) is 5.12. The molecule has 34 heavy (non-hydrogen) atoms. The van der Waals surface area contributed by atoms with Crippen molar-refractivity contribution in [1.82, 2.24) is 0 Å². The molecule has 0 aliphatic heterocycles. The Hall–Kier alpha value is -2.60. The summed E-state index contributed by atoms with van der Waals surface area (Å²) in [6.45, 7) is 6.63. The van der Waals surface area contributed by atoms with Crippen molar-refractivity contribution in [2.45, 2.75) is 97.3 Å². The van der Waals surface area contributed by atoms with Gasteiger partial charge in [0.05, 0.1) is 11.1 Å². The van der Waals surface area contributed by atoms with E-state index in [4.69, 9.17) is 4.74 Å². The first kappa shape index (κ1) is 26.0. The third kappa shape index (κ3) is 7.45. The van der Waals surface area contributed by atoms with Crippen molar-refractivity contribution in [3.63, 3.8) is 0 Å². The lowest BCUT2D eigenvalue weighted by Crippen LogP contribution is -2.14. The van der Waals surface area contributed by atoms with Crippen LogP contribution in [0, 0.1) is 23.2 Å². The number of hydrogen-bond acceptors (Lipinski definition) is 3. The van der Waals surface area contributed by atoms with Crippen LogP contribution in [0.5, 0.6) is 5.75 Å². The van der Waals surface area contributed by atoms with Crippen molar-refractivity contribution in [1.29, 1.82) is 5.26 Å². The second-order valence-corrected chi connectivity index (χ2v) is 10.2. The minimum Gasteiger partial charge on any atom is -0.422 e. The lowest BCUT2D eigenvalue weighted by molar-refractivity contribution is 0.0734. The lowest BCUT2D eigenvalue weighted by Gasteiger charge is -2.29. The molecule has 2 aromatic carbocycles. The number of rotatable bonds is 11. The molecule has 1 atom stereocenters. The highest BCUT2D eigenvalue weighted by molar-refractivity contribution is 5.91. The third-order valence-corrected chi connectivity index (χ3v) is 7.58. The van der Waals surface area contributed by atoms with Crippen molar-refractivity contribution in [3.05, 3.63) is 64.7 Å². The molecule has 0 saturated heterocycles. The molecule has 1 saturated carbocycles. The van der Waals surface area contributed by atoms with Crippen LogP contribution in [0.15, 0.2) is 42.5 Å². The number of nitriles is 1. The van der Waals surface area contributed by atoms with Crippen LogP contribution in [-0.2, 0) is 6.42 Å². The summed E-state index contributed by atoms with van der Waals surface area (Å²) in [5, 5.41) is 9.55. The van der Waals surface area contributed by atoms with E-state index in [0.29, 0.717) is 28.7 Å². The summed E-state index contributed by atoms with van der Waals surface area (Å²) in [6, 6.07) is 15.7. The summed E-state index contributed by atoms with van der Waals surface area (Å²) in [6.07, 6.45) is 14.0. The normalized spacial score (nSPS) is 18.8. The zero-order valence-corrected chi connectivity index (χ0v) is 21.3. The number of esters is 1. The van der Waals surface area contributed by atoms with Gasteiger partial charge in [0.2, 0.25) is 0 Å². The van der Waals surface area contributed by atoms with Gasteiger partial charge in [0.15, 0.2) is 0 Å². The van der Waals surface area contributed by atoms with Gasteiger partial charge in [-0.3, -0.25) is 0 Å². The molecule has 0 bridgehead atoms. The zero-order chi connectivity index (χ0) is 24.3. The summed E-state index contributed by atoms with van der Waals surface area (Å²) in [5.74, 6) is 1.98. The van der Waals surface area contributed by atoms with Gasteiger partial charge in [0, 0.05) is 0 Å².